The molecule has 3 heterocycles. The molecule has 2 aromatic carbocycles. The highest BCUT2D eigenvalue weighted by atomic mass is 32.1. The highest BCUT2D eigenvalue weighted by Crippen LogP contribution is 2.33. The molecule has 35 heavy (non-hydrogen) atoms. The SMILES string of the molecule is CCCNC(=O)N1C(=O)CCc2ccc(CCN3CCN(c4cc(F)cc5sccc45)CC3)cc21. The Bertz CT molecular complexity index is 1240. The van der Waals surface area contributed by atoms with Crippen LogP contribution in [0.25, 0.3) is 10.1 Å². The predicted octanol–water partition coefficient (Wildman–Crippen LogP) is 4.80. The molecule has 0 spiro atoms. The van der Waals surface area contributed by atoms with E-state index in [1.165, 1.54) is 4.90 Å². The van der Waals surface area contributed by atoms with Crippen molar-refractivity contribution in [3.63, 3.8) is 0 Å². The number of hydrogen-bond donors (Lipinski definition) is 1. The van der Waals surface area contributed by atoms with Crippen LogP contribution < -0.4 is 15.1 Å². The number of hydrogen-bond acceptors (Lipinski definition) is 5. The third-order valence-corrected chi connectivity index (χ3v) is 7.79. The van der Waals surface area contributed by atoms with Gasteiger partial charge < -0.3 is 10.2 Å². The normalized spacial score (nSPS) is 16.6. The van der Waals surface area contributed by atoms with Crippen molar-refractivity contribution in [2.24, 2.45) is 0 Å². The van der Waals surface area contributed by atoms with E-state index in [-0.39, 0.29) is 17.8 Å². The summed E-state index contributed by atoms with van der Waals surface area (Å²) in [5.41, 5.74) is 3.88. The molecule has 3 amide bonds. The number of imide groups is 1. The smallest absolute Gasteiger partial charge is 0.328 e. The van der Waals surface area contributed by atoms with Gasteiger partial charge in [0.25, 0.3) is 0 Å². The van der Waals surface area contributed by atoms with Crippen molar-refractivity contribution in [3.05, 3.63) is 58.7 Å². The van der Waals surface area contributed by atoms with Gasteiger partial charge in [-0.25, -0.2) is 14.1 Å². The zero-order chi connectivity index (χ0) is 24.4. The molecule has 6 nitrogen and oxygen atoms in total. The van der Waals surface area contributed by atoms with Crippen LogP contribution in [0.2, 0.25) is 0 Å². The van der Waals surface area contributed by atoms with E-state index in [2.05, 4.69) is 33.3 Å². The summed E-state index contributed by atoms with van der Waals surface area (Å²) in [7, 11) is 0. The minimum atomic E-state index is -0.330. The first-order valence-corrected chi connectivity index (χ1v) is 13.3. The number of rotatable bonds is 6. The Morgan fingerprint density at radius 3 is 2.69 bits per heavy atom. The number of halogens is 1. The lowest BCUT2D eigenvalue weighted by Crippen LogP contribution is -2.47. The van der Waals surface area contributed by atoms with Gasteiger partial charge in [0.2, 0.25) is 5.91 Å². The largest absolute Gasteiger partial charge is 0.368 e. The van der Waals surface area contributed by atoms with E-state index >= 15 is 0 Å². The van der Waals surface area contributed by atoms with Crippen molar-refractivity contribution in [2.75, 3.05) is 49.1 Å². The highest BCUT2D eigenvalue weighted by Gasteiger charge is 2.29. The Labute approximate surface area is 209 Å². The van der Waals surface area contributed by atoms with Gasteiger partial charge in [0, 0.05) is 61.5 Å². The molecule has 5 rings (SSSR count). The summed E-state index contributed by atoms with van der Waals surface area (Å²) < 4.78 is 15.1. The number of thiophene rings is 1. The molecule has 2 aliphatic heterocycles. The minimum absolute atomic E-state index is 0.142. The number of nitrogens with zero attached hydrogens (tertiary/aromatic N) is 3. The van der Waals surface area contributed by atoms with E-state index in [4.69, 9.17) is 0 Å². The molecule has 0 unspecified atom stereocenters. The van der Waals surface area contributed by atoms with Gasteiger partial charge in [-0.2, -0.15) is 0 Å². The number of benzene rings is 2. The van der Waals surface area contributed by atoms with Crippen LogP contribution in [0.15, 0.2) is 41.8 Å². The molecular weight excluding hydrogens is 463 g/mol. The monoisotopic (exact) mass is 494 g/mol. The zero-order valence-electron chi connectivity index (χ0n) is 20.1. The first-order chi connectivity index (χ1) is 17.0. The summed E-state index contributed by atoms with van der Waals surface area (Å²) in [4.78, 5) is 31.2. The first-order valence-electron chi connectivity index (χ1n) is 12.4. The average Bonchev–Trinajstić information content (AvgIpc) is 3.34. The zero-order valence-corrected chi connectivity index (χ0v) is 20.9. The molecule has 1 N–H and O–H groups in total. The number of urea groups is 1. The number of fused-ring (bicyclic) bond motifs is 2. The molecule has 3 aromatic rings. The van der Waals surface area contributed by atoms with Crippen molar-refractivity contribution in [1.29, 1.82) is 0 Å². The van der Waals surface area contributed by atoms with Crippen molar-refractivity contribution in [2.45, 2.75) is 32.6 Å². The van der Waals surface area contributed by atoms with Crippen molar-refractivity contribution in [3.8, 4) is 0 Å². The van der Waals surface area contributed by atoms with Crippen LogP contribution in [0.3, 0.4) is 0 Å². The summed E-state index contributed by atoms with van der Waals surface area (Å²) >= 11 is 1.57. The molecule has 2 aliphatic rings. The van der Waals surface area contributed by atoms with E-state index in [0.29, 0.717) is 19.4 Å². The van der Waals surface area contributed by atoms with E-state index in [9.17, 15) is 14.0 Å². The van der Waals surface area contributed by atoms with Gasteiger partial charge in [-0.05, 0) is 60.0 Å². The standard InChI is InChI=1S/C27H31FN4O2S/c1-2-9-29-27(34)32-23-16-19(3-4-20(23)5-6-26(32)33)7-10-30-11-13-31(14-12-30)24-17-21(28)18-25-22(24)8-15-35-25/h3-4,8,15-18H,2,5-7,9-14H2,1H3,(H,29,34). The van der Waals surface area contributed by atoms with E-state index < -0.39 is 0 Å². The summed E-state index contributed by atoms with van der Waals surface area (Å²) in [5, 5.41) is 5.98. The topological polar surface area (TPSA) is 55.9 Å². The number of piperazine rings is 1. The van der Waals surface area contributed by atoms with Crippen molar-refractivity contribution >= 4 is 44.7 Å². The summed E-state index contributed by atoms with van der Waals surface area (Å²) in [6.45, 7) is 6.99. The Morgan fingerprint density at radius 1 is 1.06 bits per heavy atom. The maximum Gasteiger partial charge on any atom is 0.328 e. The number of carbonyl (C=O) groups excluding carboxylic acids is 2. The van der Waals surface area contributed by atoms with Gasteiger partial charge in [-0.3, -0.25) is 9.69 Å². The van der Waals surface area contributed by atoms with Gasteiger partial charge in [0.05, 0.1) is 5.69 Å². The molecule has 8 heteroatoms. The maximum atomic E-state index is 14.1. The third kappa shape index (κ3) is 5.04. The number of nitrogens with one attached hydrogen (secondary N) is 1. The number of aryl methyl sites for hydroxylation is 1. The fraction of sp³-hybridized carbons (Fsp3) is 0.407. The number of carbonyl (C=O) groups is 2. The van der Waals surface area contributed by atoms with Gasteiger partial charge in [-0.1, -0.05) is 19.1 Å². The molecular formula is C27H31FN4O2S. The van der Waals surface area contributed by atoms with Crippen LogP contribution >= 0.6 is 11.3 Å². The van der Waals surface area contributed by atoms with Gasteiger partial charge in [0.1, 0.15) is 5.82 Å². The second-order valence-electron chi connectivity index (χ2n) is 9.26. The number of amides is 3. The van der Waals surface area contributed by atoms with Gasteiger partial charge >= 0.3 is 6.03 Å². The summed E-state index contributed by atoms with van der Waals surface area (Å²) in [5.74, 6) is -0.322. The predicted molar refractivity (Wildman–Crippen MR) is 140 cm³/mol. The highest BCUT2D eigenvalue weighted by molar-refractivity contribution is 7.17. The van der Waals surface area contributed by atoms with Crippen LogP contribution in [0, 0.1) is 5.82 Å². The fourth-order valence-electron chi connectivity index (χ4n) is 4.99. The molecule has 184 valence electrons. The quantitative estimate of drug-likeness (QED) is 0.535. The Balaban J connectivity index is 1.22. The molecule has 1 saturated heterocycles. The van der Waals surface area contributed by atoms with E-state index in [1.807, 2.05) is 18.4 Å². The summed E-state index contributed by atoms with van der Waals surface area (Å²) in [6, 6.07) is 11.2. The molecule has 0 atom stereocenters. The third-order valence-electron chi connectivity index (χ3n) is 6.92. The van der Waals surface area contributed by atoms with Crippen LogP contribution in [-0.2, 0) is 17.6 Å². The second-order valence-corrected chi connectivity index (χ2v) is 10.2. The van der Waals surface area contributed by atoms with Crippen LogP contribution in [0.1, 0.15) is 30.9 Å². The van der Waals surface area contributed by atoms with Gasteiger partial charge in [-0.15, -0.1) is 11.3 Å². The molecule has 0 saturated carbocycles. The lowest BCUT2D eigenvalue weighted by Gasteiger charge is -2.36. The number of anilines is 2. The molecule has 1 fully saturated rings. The Morgan fingerprint density at radius 2 is 1.89 bits per heavy atom. The maximum absolute atomic E-state index is 14.1. The van der Waals surface area contributed by atoms with Crippen LogP contribution in [0.4, 0.5) is 20.6 Å². The first kappa shape index (κ1) is 23.8. The van der Waals surface area contributed by atoms with Crippen molar-refractivity contribution < 1.29 is 14.0 Å². The minimum Gasteiger partial charge on any atom is -0.368 e. The fourth-order valence-corrected chi connectivity index (χ4v) is 5.82. The molecule has 0 bridgehead atoms. The molecule has 0 aliphatic carbocycles. The Kier molecular flexibility index (Phi) is 7.02. The average molecular weight is 495 g/mol. The van der Waals surface area contributed by atoms with Crippen LogP contribution in [0.5, 0.6) is 0 Å². The van der Waals surface area contributed by atoms with Crippen LogP contribution in [-0.4, -0.2) is 56.1 Å². The Hall–Kier alpha value is -2.97. The van der Waals surface area contributed by atoms with Crippen molar-refractivity contribution in [1.82, 2.24) is 10.2 Å². The van der Waals surface area contributed by atoms with E-state index in [0.717, 1.165) is 78.2 Å². The summed E-state index contributed by atoms with van der Waals surface area (Å²) in [6.07, 6.45) is 2.70. The lowest BCUT2D eigenvalue weighted by atomic mass is 9.98. The molecule has 0 radical (unpaired) electrons. The second kappa shape index (κ2) is 10.3. The lowest BCUT2D eigenvalue weighted by molar-refractivity contribution is -0.118. The van der Waals surface area contributed by atoms with Gasteiger partial charge in [0.15, 0.2) is 0 Å². The molecule has 1 aromatic heterocycles. The van der Waals surface area contributed by atoms with E-state index in [1.54, 1.807) is 23.5 Å².